The summed E-state index contributed by atoms with van der Waals surface area (Å²) in [5.74, 6) is 0.0506. The molecule has 4 fully saturated rings. The standard InChI is InChI=1S/C21H28N4O3/c26-19-11-22-21(28)25(19)15-20(27)24-13-17-8-9-18(24)14-23(12-17)10-4-7-16-5-2-1-3-6-16/h1-3,5-6,17-18H,4,7-15H2,(H,22,28). The lowest BCUT2D eigenvalue weighted by Crippen LogP contribution is -2.51. The van der Waals surface area contributed by atoms with E-state index in [1.807, 2.05) is 11.0 Å². The number of nitrogens with zero attached hydrogens (tertiary/aromatic N) is 3. The van der Waals surface area contributed by atoms with E-state index in [1.165, 1.54) is 5.56 Å². The van der Waals surface area contributed by atoms with Crippen molar-refractivity contribution in [3.05, 3.63) is 35.9 Å². The molecule has 4 aliphatic heterocycles. The molecule has 4 amide bonds. The van der Waals surface area contributed by atoms with Gasteiger partial charge < -0.3 is 15.1 Å². The van der Waals surface area contributed by atoms with E-state index in [1.54, 1.807) is 0 Å². The van der Waals surface area contributed by atoms with Gasteiger partial charge in [0.25, 0.3) is 5.91 Å². The third-order valence-electron chi connectivity index (χ3n) is 6.12. The molecule has 0 aliphatic carbocycles. The molecular formula is C21H28N4O3. The van der Waals surface area contributed by atoms with Crippen LogP contribution in [-0.4, -0.2) is 77.9 Å². The minimum Gasteiger partial charge on any atom is -0.337 e. The first-order chi connectivity index (χ1) is 13.6. The molecule has 4 heterocycles. The van der Waals surface area contributed by atoms with Gasteiger partial charge in [-0.2, -0.15) is 0 Å². The minimum absolute atomic E-state index is 0.00659. The van der Waals surface area contributed by atoms with Crippen LogP contribution in [0.4, 0.5) is 4.79 Å². The van der Waals surface area contributed by atoms with Gasteiger partial charge in [0.05, 0.1) is 6.54 Å². The van der Waals surface area contributed by atoms with Crippen molar-refractivity contribution in [3.8, 4) is 0 Å². The molecule has 7 nitrogen and oxygen atoms in total. The second-order valence-electron chi connectivity index (χ2n) is 8.13. The van der Waals surface area contributed by atoms with Gasteiger partial charge in [0.2, 0.25) is 5.91 Å². The highest BCUT2D eigenvalue weighted by atomic mass is 16.2. The molecule has 2 bridgehead atoms. The monoisotopic (exact) mass is 384 g/mol. The molecule has 1 aromatic carbocycles. The maximum atomic E-state index is 12.8. The summed E-state index contributed by atoms with van der Waals surface area (Å²) < 4.78 is 0. The van der Waals surface area contributed by atoms with E-state index in [2.05, 4.69) is 34.5 Å². The fourth-order valence-electron chi connectivity index (χ4n) is 4.66. The Hall–Kier alpha value is -2.41. The third kappa shape index (κ3) is 4.19. The first kappa shape index (κ1) is 18.9. The number of benzene rings is 1. The van der Waals surface area contributed by atoms with E-state index in [-0.39, 0.29) is 30.9 Å². The molecule has 0 spiro atoms. The lowest BCUT2D eigenvalue weighted by atomic mass is 9.95. The quantitative estimate of drug-likeness (QED) is 0.746. The predicted molar refractivity (Wildman–Crippen MR) is 105 cm³/mol. The summed E-state index contributed by atoms with van der Waals surface area (Å²) in [7, 11) is 0. The Balaban J connectivity index is 1.32. The van der Waals surface area contributed by atoms with Crippen molar-refractivity contribution in [3.63, 3.8) is 0 Å². The van der Waals surface area contributed by atoms with Crippen LogP contribution in [0.25, 0.3) is 0 Å². The molecule has 4 aliphatic rings. The number of piperidine rings is 1. The van der Waals surface area contributed by atoms with Gasteiger partial charge >= 0.3 is 6.03 Å². The zero-order chi connectivity index (χ0) is 19.5. The Morgan fingerprint density at radius 2 is 1.89 bits per heavy atom. The number of hydrogen-bond acceptors (Lipinski definition) is 4. The average molecular weight is 384 g/mol. The summed E-state index contributed by atoms with van der Waals surface area (Å²) in [6, 6.07) is 10.3. The number of aryl methyl sites for hydroxylation is 1. The van der Waals surface area contributed by atoms with Gasteiger partial charge in [-0.3, -0.25) is 14.5 Å². The molecule has 28 heavy (non-hydrogen) atoms. The SMILES string of the molecule is O=C1CNC(=O)N1CC(=O)N1CC2CCC1CN(CCCc1ccccc1)C2. The number of imide groups is 1. The van der Waals surface area contributed by atoms with Gasteiger partial charge in [-0.05, 0) is 43.7 Å². The fourth-order valence-corrected chi connectivity index (χ4v) is 4.66. The number of rotatable bonds is 6. The smallest absolute Gasteiger partial charge is 0.325 e. The van der Waals surface area contributed by atoms with Crippen LogP contribution < -0.4 is 5.32 Å². The normalized spacial score (nSPS) is 25.1. The highest BCUT2D eigenvalue weighted by Crippen LogP contribution is 2.28. The van der Waals surface area contributed by atoms with E-state index in [9.17, 15) is 14.4 Å². The Bertz CT molecular complexity index is 722. The van der Waals surface area contributed by atoms with Gasteiger partial charge in [-0.25, -0.2) is 4.79 Å². The summed E-state index contributed by atoms with van der Waals surface area (Å²) in [5.41, 5.74) is 1.37. The topological polar surface area (TPSA) is 73.0 Å². The van der Waals surface area contributed by atoms with Crippen LogP contribution in [0.2, 0.25) is 0 Å². The lowest BCUT2D eigenvalue weighted by Gasteiger charge is -2.36. The van der Waals surface area contributed by atoms with Gasteiger partial charge in [-0.1, -0.05) is 30.3 Å². The van der Waals surface area contributed by atoms with Gasteiger partial charge in [0, 0.05) is 25.7 Å². The van der Waals surface area contributed by atoms with E-state index in [4.69, 9.17) is 0 Å². The molecule has 0 radical (unpaired) electrons. The van der Waals surface area contributed by atoms with Gasteiger partial charge in [0.15, 0.2) is 0 Å². The maximum absolute atomic E-state index is 12.8. The van der Waals surface area contributed by atoms with E-state index < -0.39 is 6.03 Å². The molecule has 150 valence electrons. The molecule has 2 unspecified atom stereocenters. The molecule has 2 atom stereocenters. The number of amides is 4. The average Bonchev–Trinajstić information content (AvgIpc) is 2.88. The van der Waals surface area contributed by atoms with Crippen molar-refractivity contribution in [2.24, 2.45) is 5.92 Å². The molecule has 0 saturated carbocycles. The Labute approximate surface area is 165 Å². The maximum Gasteiger partial charge on any atom is 0.325 e. The number of fused-ring (bicyclic) bond motifs is 4. The van der Waals surface area contributed by atoms with Gasteiger partial charge in [0.1, 0.15) is 6.54 Å². The molecule has 7 heteroatoms. The fraction of sp³-hybridized carbons (Fsp3) is 0.571. The summed E-state index contributed by atoms with van der Waals surface area (Å²) >= 11 is 0. The van der Waals surface area contributed by atoms with Gasteiger partial charge in [-0.15, -0.1) is 0 Å². The van der Waals surface area contributed by atoms with E-state index in [0.29, 0.717) is 5.92 Å². The van der Waals surface area contributed by atoms with Crippen molar-refractivity contribution < 1.29 is 14.4 Å². The van der Waals surface area contributed by atoms with Crippen LogP contribution >= 0.6 is 0 Å². The van der Waals surface area contributed by atoms with Crippen molar-refractivity contribution >= 4 is 17.8 Å². The first-order valence-corrected chi connectivity index (χ1v) is 10.2. The number of hydrogen-bond donors (Lipinski definition) is 1. The number of nitrogens with one attached hydrogen (secondary N) is 1. The van der Waals surface area contributed by atoms with Crippen LogP contribution in [0.15, 0.2) is 30.3 Å². The first-order valence-electron chi connectivity index (χ1n) is 10.2. The summed E-state index contributed by atoms with van der Waals surface area (Å²) in [6.45, 7) is 3.55. The van der Waals surface area contributed by atoms with Crippen molar-refractivity contribution in [2.45, 2.75) is 31.7 Å². The molecular weight excluding hydrogens is 356 g/mol. The number of carbonyl (C=O) groups is 3. The predicted octanol–water partition coefficient (Wildman–Crippen LogP) is 1.09. The largest absolute Gasteiger partial charge is 0.337 e. The minimum atomic E-state index is -0.458. The molecule has 0 aromatic heterocycles. The van der Waals surface area contributed by atoms with Crippen molar-refractivity contribution in [1.82, 2.24) is 20.0 Å². The Morgan fingerprint density at radius 3 is 2.64 bits per heavy atom. The van der Waals surface area contributed by atoms with Crippen LogP contribution in [0.3, 0.4) is 0 Å². The highest BCUT2D eigenvalue weighted by Gasteiger charge is 2.39. The molecule has 1 N–H and O–H groups in total. The van der Waals surface area contributed by atoms with Crippen molar-refractivity contribution in [2.75, 3.05) is 39.3 Å². The molecule has 4 saturated heterocycles. The zero-order valence-corrected chi connectivity index (χ0v) is 16.2. The third-order valence-corrected chi connectivity index (χ3v) is 6.12. The van der Waals surface area contributed by atoms with Crippen molar-refractivity contribution in [1.29, 1.82) is 0 Å². The van der Waals surface area contributed by atoms with E-state index in [0.717, 1.165) is 56.8 Å². The van der Waals surface area contributed by atoms with Crippen LogP contribution in [0.5, 0.6) is 0 Å². The Kier molecular flexibility index (Phi) is 5.62. The Morgan fingerprint density at radius 1 is 1.07 bits per heavy atom. The summed E-state index contributed by atoms with van der Waals surface area (Å²) in [4.78, 5) is 41.8. The zero-order valence-electron chi connectivity index (χ0n) is 16.2. The summed E-state index contributed by atoms with van der Waals surface area (Å²) in [5, 5.41) is 2.48. The van der Waals surface area contributed by atoms with Crippen LogP contribution in [-0.2, 0) is 16.0 Å². The number of urea groups is 1. The van der Waals surface area contributed by atoms with Crippen LogP contribution in [0, 0.1) is 5.92 Å². The highest BCUT2D eigenvalue weighted by molar-refractivity contribution is 6.04. The number of carbonyl (C=O) groups excluding carboxylic acids is 3. The second-order valence-corrected chi connectivity index (χ2v) is 8.13. The molecule has 1 aromatic rings. The van der Waals surface area contributed by atoms with Crippen LogP contribution in [0.1, 0.15) is 24.8 Å². The van der Waals surface area contributed by atoms with E-state index >= 15 is 0 Å². The lowest BCUT2D eigenvalue weighted by molar-refractivity contribution is -0.139. The molecule has 5 rings (SSSR count). The second kappa shape index (κ2) is 8.31. The summed E-state index contributed by atoms with van der Waals surface area (Å²) in [6.07, 6.45) is 4.33.